The molecule has 1 amide bonds. The second kappa shape index (κ2) is 57.9. The first-order valence-corrected chi connectivity index (χ1v) is 34.1. The molecule has 0 aliphatic heterocycles. The Kier molecular flexibility index (Phi) is 56.5. The molecule has 3 unspecified atom stereocenters. The van der Waals surface area contributed by atoms with Crippen molar-refractivity contribution in [1.29, 1.82) is 0 Å². The minimum Gasteiger partial charge on any atom is -0.391 e. The molecule has 76 heavy (non-hydrogen) atoms. The van der Waals surface area contributed by atoms with Crippen LogP contribution in [0.1, 0.15) is 309 Å². The predicted octanol–water partition coefficient (Wildman–Crippen LogP) is 20.4. The summed E-state index contributed by atoms with van der Waals surface area (Å²) in [6, 6.07) is -0.761. The highest BCUT2D eigenvalue weighted by Gasteiger charge is 2.28. The molecule has 0 heterocycles. The molecule has 0 aromatic carbocycles. The first kappa shape index (κ1) is 74.2. The van der Waals surface area contributed by atoms with Gasteiger partial charge in [-0.15, -0.1) is 0 Å². The summed E-state index contributed by atoms with van der Waals surface area (Å²) in [4.78, 5) is 23.4. The van der Waals surface area contributed by atoms with E-state index in [0.717, 1.165) is 70.6 Å². The largest absolute Gasteiger partial charge is 0.472 e. The van der Waals surface area contributed by atoms with E-state index in [0.29, 0.717) is 23.9 Å². The molecular weight excluding hydrogens is 960 g/mol. The number of likely N-dealkylation sites (N-methyl/N-ethyl adjacent to an activating group) is 1. The number of phosphoric acid groups is 1. The molecule has 0 aliphatic rings. The number of quaternary nitrogens is 1. The van der Waals surface area contributed by atoms with Crippen molar-refractivity contribution in [2.45, 2.75) is 321 Å². The first-order valence-electron chi connectivity index (χ1n) is 32.7. The van der Waals surface area contributed by atoms with Gasteiger partial charge in [0.1, 0.15) is 13.2 Å². The Morgan fingerprint density at radius 1 is 0.461 bits per heavy atom. The van der Waals surface area contributed by atoms with Crippen LogP contribution in [-0.4, -0.2) is 73.4 Å². The molecule has 8 nitrogen and oxygen atoms in total. The second-order valence-electron chi connectivity index (χ2n) is 23.5. The number of allylic oxidation sites excluding steroid dienone is 10. The zero-order valence-corrected chi connectivity index (χ0v) is 51.9. The molecule has 0 rings (SSSR count). The number of nitrogens with one attached hydrogen (secondary N) is 1. The number of phosphoric ester groups is 1. The molecule has 0 aromatic heterocycles. The van der Waals surface area contributed by atoms with Gasteiger partial charge in [-0.1, -0.05) is 306 Å². The Hall–Kier alpha value is -1.80. The van der Waals surface area contributed by atoms with Gasteiger partial charge in [-0.3, -0.25) is 13.8 Å². The fourth-order valence-corrected chi connectivity index (χ4v) is 10.5. The third-order valence-electron chi connectivity index (χ3n) is 14.8. The van der Waals surface area contributed by atoms with Crippen LogP contribution >= 0.6 is 7.82 Å². The smallest absolute Gasteiger partial charge is 0.391 e. The van der Waals surface area contributed by atoms with Crippen molar-refractivity contribution < 1.29 is 32.9 Å². The molecule has 0 saturated heterocycles. The van der Waals surface area contributed by atoms with E-state index in [1.54, 1.807) is 0 Å². The van der Waals surface area contributed by atoms with Crippen LogP contribution in [0.25, 0.3) is 0 Å². The van der Waals surface area contributed by atoms with Crippen molar-refractivity contribution in [1.82, 2.24) is 5.32 Å². The van der Waals surface area contributed by atoms with Gasteiger partial charge in [-0.25, -0.2) is 4.57 Å². The van der Waals surface area contributed by atoms with Crippen LogP contribution in [-0.2, 0) is 18.4 Å². The summed E-state index contributed by atoms with van der Waals surface area (Å²) >= 11 is 0. The SMILES string of the molecule is CC/C=C\C/C=C\C/C=C\C/C=C\C/C=C\CCCCCCCCCCCCCCCCCCCCCC(=O)NC(COP(=O)(O)OCC[N+](C)(C)C)C(O)CCCCCCCCCCCCCCCCCCCCC. The van der Waals surface area contributed by atoms with Crippen LogP contribution in [0, 0.1) is 0 Å². The average molecular weight is 1090 g/mol. The average Bonchev–Trinajstić information content (AvgIpc) is 3.38. The minimum atomic E-state index is -4.33. The number of aliphatic hydroxyl groups is 1. The van der Waals surface area contributed by atoms with E-state index in [1.165, 1.54) is 212 Å². The maximum Gasteiger partial charge on any atom is 0.472 e. The number of unbranched alkanes of at least 4 members (excludes halogenated alkanes) is 37. The molecule has 3 atom stereocenters. The van der Waals surface area contributed by atoms with E-state index in [4.69, 9.17) is 9.05 Å². The maximum atomic E-state index is 13.0. The Labute approximate surface area is 472 Å². The summed E-state index contributed by atoms with van der Waals surface area (Å²) < 4.78 is 23.8. The number of aliphatic hydroxyl groups excluding tert-OH is 1. The molecule has 0 aliphatic carbocycles. The van der Waals surface area contributed by atoms with E-state index in [2.05, 4.69) is 79.9 Å². The first-order chi connectivity index (χ1) is 37.0. The molecule has 446 valence electrons. The van der Waals surface area contributed by atoms with E-state index < -0.39 is 20.0 Å². The van der Waals surface area contributed by atoms with Crippen LogP contribution < -0.4 is 5.32 Å². The summed E-state index contributed by atoms with van der Waals surface area (Å²) in [5, 5.41) is 14.1. The van der Waals surface area contributed by atoms with Crippen molar-refractivity contribution >= 4 is 13.7 Å². The normalized spacial score (nSPS) is 14.1. The molecule has 0 fully saturated rings. The fourth-order valence-electron chi connectivity index (χ4n) is 9.72. The molecule has 0 bridgehead atoms. The Balaban J connectivity index is 4.00. The van der Waals surface area contributed by atoms with Gasteiger partial charge < -0.3 is 19.8 Å². The zero-order valence-electron chi connectivity index (χ0n) is 51.0. The van der Waals surface area contributed by atoms with Crippen molar-refractivity contribution in [2.24, 2.45) is 0 Å². The van der Waals surface area contributed by atoms with Gasteiger partial charge in [0.05, 0.1) is 39.9 Å². The van der Waals surface area contributed by atoms with Crippen LogP contribution in [0.2, 0.25) is 0 Å². The van der Waals surface area contributed by atoms with Gasteiger partial charge in [-0.05, 0) is 57.8 Å². The fraction of sp³-hybridized carbons (Fsp3) is 0.836. The molecule has 3 N–H and O–H groups in total. The lowest BCUT2D eigenvalue weighted by molar-refractivity contribution is -0.870. The van der Waals surface area contributed by atoms with Crippen LogP contribution in [0.3, 0.4) is 0 Å². The van der Waals surface area contributed by atoms with E-state index >= 15 is 0 Å². The van der Waals surface area contributed by atoms with Crippen LogP contribution in [0.4, 0.5) is 0 Å². The number of nitrogens with zero attached hydrogens (tertiary/aromatic N) is 1. The summed E-state index contributed by atoms with van der Waals surface area (Å²) in [7, 11) is 1.63. The highest BCUT2D eigenvalue weighted by molar-refractivity contribution is 7.47. The lowest BCUT2D eigenvalue weighted by Crippen LogP contribution is -2.46. The Bertz CT molecular complexity index is 1420. The molecule has 0 saturated carbocycles. The number of amides is 1. The second-order valence-corrected chi connectivity index (χ2v) is 24.9. The zero-order chi connectivity index (χ0) is 55.6. The van der Waals surface area contributed by atoms with Crippen molar-refractivity contribution in [3.63, 3.8) is 0 Å². The molecule has 0 aromatic rings. The standard InChI is InChI=1S/C67H127N2O6P/c1-6-8-10-12-14-16-18-20-22-24-26-27-28-29-30-31-32-33-34-35-36-37-38-39-40-41-43-45-47-49-51-53-55-57-59-61-67(71)68-65(64-75-76(72,73)74-63-62-69(3,4)5)66(70)60-58-56-54-52-50-48-46-44-42-25-23-21-19-17-15-13-11-9-7-2/h8,10,14,16,20,22,26-27,29-30,65-66,70H,6-7,9,11-13,15,17-19,21,23-25,28,31-64H2,1-5H3,(H-,68,71,72,73)/p+1/b10-8-,16-14-,22-20-,27-26-,30-29-. The maximum absolute atomic E-state index is 13.0. The Morgan fingerprint density at radius 2 is 0.789 bits per heavy atom. The number of rotatable bonds is 60. The van der Waals surface area contributed by atoms with E-state index in [-0.39, 0.29) is 19.1 Å². The van der Waals surface area contributed by atoms with Crippen molar-refractivity contribution in [3.05, 3.63) is 60.8 Å². The van der Waals surface area contributed by atoms with Crippen LogP contribution in [0.5, 0.6) is 0 Å². The van der Waals surface area contributed by atoms with Gasteiger partial charge in [0.15, 0.2) is 0 Å². The molecule has 0 radical (unpaired) electrons. The quantitative estimate of drug-likeness (QED) is 0.0243. The highest BCUT2D eigenvalue weighted by Crippen LogP contribution is 2.43. The number of hydrogen-bond acceptors (Lipinski definition) is 5. The monoisotopic (exact) mass is 1090 g/mol. The number of carbonyl (C=O) groups is 1. The van der Waals surface area contributed by atoms with E-state index in [1.807, 2.05) is 21.1 Å². The van der Waals surface area contributed by atoms with Gasteiger partial charge >= 0.3 is 7.82 Å². The Morgan fingerprint density at radius 3 is 1.16 bits per heavy atom. The minimum absolute atomic E-state index is 0.0754. The summed E-state index contributed by atoms with van der Waals surface area (Å²) in [6.07, 6.45) is 78.7. The van der Waals surface area contributed by atoms with Crippen molar-refractivity contribution in [3.8, 4) is 0 Å². The van der Waals surface area contributed by atoms with Gasteiger partial charge in [0.25, 0.3) is 0 Å². The summed E-state index contributed by atoms with van der Waals surface area (Å²) in [6.45, 7) is 4.81. The number of hydrogen-bond donors (Lipinski definition) is 3. The van der Waals surface area contributed by atoms with Gasteiger partial charge in [0.2, 0.25) is 5.91 Å². The van der Waals surface area contributed by atoms with E-state index in [9.17, 15) is 19.4 Å². The lowest BCUT2D eigenvalue weighted by atomic mass is 10.0. The molecular formula is C67H128N2O6P+. The predicted molar refractivity (Wildman–Crippen MR) is 332 cm³/mol. The number of carbonyl (C=O) groups excluding carboxylic acids is 1. The summed E-state index contributed by atoms with van der Waals surface area (Å²) in [5.74, 6) is -0.140. The topological polar surface area (TPSA) is 105 Å². The van der Waals surface area contributed by atoms with Gasteiger partial charge in [0, 0.05) is 6.42 Å². The van der Waals surface area contributed by atoms with Crippen molar-refractivity contribution in [2.75, 3.05) is 40.9 Å². The lowest BCUT2D eigenvalue weighted by Gasteiger charge is -2.26. The highest BCUT2D eigenvalue weighted by atomic mass is 31.2. The third-order valence-corrected chi connectivity index (χ3v) is 15.8. The van der Waals surface area contributed by atoms with Crippen LogP contribution in [0.15, 0.2) is 60.8 Å². The molecule has 9 heteroatoms. The van der Waals surface area contributed by atoms with Gasteiger partial charge in [-0.2, -0.15) is 0 Å². The molecule has 0 spiro atoms. The third kappa shape index (κ3) is 59.9. The summed E-state index contributed by atoms with van der Waals surface area (Å²) in [5.41, 5.74) is 0.